The van der Waals surface area contributed by atoms with Gasteiger partial charge in [-0.25, -0.2) is 4.98 Å². The molecule has 1 aromatic rings. The molecular formula is C11H16ClN3O2. The number of aliphatic hydroxyl groups is 1. The van der Waals surface area contributed by atoms with Crippen LogP contribution in [0.4, 0.5) is 5.82 Å². The summed E-state index contributed by atoms with van der Waals surface area (Å²) in [5.74, 6) is 0.499. The van der Waals surface area contributed by atoms with Crippen LogP contribution in [-0.2, 0) is 0 Å². The van der Waals surface area contributed by atoms with E-state index in [0.29, 0.717) is 17.4 Å². The molecule has 0 radical (unpaired) electrons. The van der Waals surface area contributed by atoms with Gasteiger partial charge in [-0.15, -0.1) is 0 Å². The number of rotatable bonds is 4. The largest absolute Gasteiger partial charge is 0.467 e. The fraction of sp³-hybridized carbons (Fsp3) is 0.636. The van der Waals surface area contributed by atoms with E-state index in [4.69, 9.17) is 16.3 Å². The third-order valence-electron chi connectivity index (χ3n) is 3.02. The molecule has 5 nitrogen and oxygen atoms in total. The van der Waals surface area contributed by atoms with E-state index in [1.54, 1.807) is 0 Å². The Bertz CT molecular complexity index is 394. The molecule has 1 aliphatic rings. The number of aromatic nitrogens is 2. The lowest BCUT2D eigenvalue weighted by Crippen LogP contribution is -2.33. The van der Waals surface area contributed by atoms with Crippen LogP contribution in [0.3, 0.4) is 0 Å². The molecule has 1 saturated carbocycles. The van der Waals surface area contributed by atoms with Crippen LogP contribution < -0.4 is 10.1 Å². The molecule has 2 rings (SSSR count). The lowest BCUT2D eigenvalue weighted by Gasteiger charge is -2.22. The number of nitrogens with one attached hydrogen (secondary N) is 1. The molecule has 2 N–H and O–H groups in total. The topological polar surface area (TPSA) is 67.3 Å². The lowest BCUT2D eigenvalue weighted by molar-refractivity contribution is 0.0614. The van der Waals surface area contributed by atoms with Gasteiger partial charge in [0.2, 0.25) is 0 Å². The van der Waals surface area contributed by atoms with Crippen molar-refractivity contribution in [2.45, 2.75) is 31.3 Å². The van der Waals surface area contributed by atoms with Gasteiger partial charge >= 0.3 is 6.01 Å². The molecule has 0 aliphatic heterocycles. The van der Waals surface area contributed by atoms with E-state index in [-0.39, 0.29) is 6.01 Å². The van der Waals surface area contributed by atoms with Gasteiger partial charge in [0.15, 0.2) is 5.82 Å². The quantitative estimate of drug-likeness (QED) is 0.862. The van der Waals surface area contributed by atoms with E-state index < -0.39 is 5.60 Å². The van der Waals surface area contributed by atoms with Gasteiger partial charge in [0.1, 0.15) is 5.02 Å². The zero-order valence-electron chi connectivity index (χ0n) is 9.74. The zero-order chi connectivity index (χ0) is 12.3. The molecule has 0 aromatic carbocycles. The highest BCUT2D eigenvalue weighted by atomic mass is 35.5. The van der Waals surface area contributed by atoms with E-state index in [9.17, 15) is 5.11 Å². The summed E-state index contributed by atoms with van der Waals surface area (Å²) < 4.78 is 4.92. The van der Waals surface area contributed by atoms with Gasteiger partial charge in [-0.1, -0.05) is 24.4 Å². The zero-order valence-corrected chi connectivity index (χ0v) is 10.5. The Morgan fingerprint density at radius 1 is 1.53 bits per heavy atom. The Morgan fingerprint density at radius 3 is 2.88 bits per heavy atom. The van der Waals surface area contributed by atoms with Gasteiger partial charge in [0.05, 0.1) is 18.9 Å². The van der Waals surface area contributed by atoms with Crippen molar-refractivity contribution in [3.05, 3.63) is 11.2 Å². The van der Waals surface area contributed by atoms with Crippen LogP contribution in [0, 0.1) is 0 Å². The summed E-state index contributed by atoms with van der Waals surface area (Å²) in [6, 6.07) is 0.260. The normalized spacial score (nSPS) is 18.1. The van der Waals surface area contributed by atoms with Crippen LogP contribution in [0.25, 0.3) is 0 Å². The second kappa shape index (κ2) is 5.06. The van der Waals surface area contributed by atoms with Crippen molar-refractivity contribution in [1.29, 1.82) is 0 Å². The van der Waals surface area contributed by atoms with Crippen LogP contribution in [0.15, 0.2) is 6.20 Å². The van der Waals surface area contributed by atoms with Crippen molar-refractivity contribution >= 4 is 17.4 Å². The summed E-state index contributed by atoms with van der Waals surface area (Å²) in [7, 11) is 1.50. The van der Waals surface area contributed by atoms with E-state index in [2.05, 4.69) is 15.3 Å². The Morgan fingerprint density at radius 2 is 2.24 bits per heavy atom. The number of ether oxygens (including phenoxy) is 1. The van der Waals surface area contributed by atoms with E-state index in [1.165, 1.54) is 13.3 Å². The van der Waals surface area contributed by atoms with E-state index in [1.807, 2.05) is 0 Å². The molecule has 1 aromatic heterocycles. The molecule has 0 saturated heterocycles. The third kappa shape index (κ3) is 2.98. The minimum absolute atomic E-state index is 0.260. The average molecular weight is 258 g/mol. The molecule has 0 spiro atoms. The van der Waals surface area contributed by atoms with Crippen LogP contribution in [0.5, 0.6) is 6.01 Å². The number of halogens is 1. The van der Waals surface area contributed by atoms with Crippen LogP contribution in [0.1, 0.15) is 25.7 Å². The molecule has 94 valence electrons. The third-order valence-corrected chi connectivity index (χ3v) is 3.30. The number of methoxy groups -OCH3 is 1. The van der Waals surface area contributed by atoms with Crippen molar-refractivity contribution in [2.75, 3.05) is 19.0 Å². The molecular weight excluding hydrogens is 242 g/mol. The number of hydrogen-bond donors (Lipinski definition) is 2. The van der Waals surface area contributed by atoms with Gasteiger partial charge in [-0.2, -0.15) is 4.98 Å². The summed E-state index contributed by atoms with van der Waals surface area (Å²) in [6.07, 6.45) is 5.26. The first-order valence-corrected chi connectivity index (χ1v) is 6.03. The maximum absolute atomic E-state index is 10.2. The Balaban J connectivity index is 2.02. The van der Waals surface area contributed by atoms with Crippen molar-refractivity contribution < 1.29 is 9.84 Å². The summed E-state index contributed by atoms with van der Waals surface area (Å²) in [5.41, 5.74) is -0.637. The summed E-state index contributed by atoms with van der Waals surface area (Å²) in [4.78, 5) is 7.98. The minimum Gasteiger partial charge on any atom is -0.467 e. The van der Waals surface area contributed by atoms with Crippen LogP contribution in [-0.4, -0.2) is 34.3 Å². The number of nitrogens with zero attached hydrogens (tertiary/aromatic N) is 2. The molecule has 0 unspecified atom stereocenters. The molecule has 1 heterocycles. The van der Waals surface area contributed by atoms with E-state index >= 15 is 0 Å². The van der Waals surface area contributed by atoms with Gasteiger partial charge in [0, 0.05) is 6.54 Å². The fourth-order valence-corrected chi connectivity index (χ4v) is 2.19. The predicted octanol–water partition coefficient (Wildman–Crippen LogP) is 1.86. The van der Waals surface area contributed by atoms with Crippen molar-refractivity contribution in [1.82, 2.24) is 9.97 Å². The minimum atomic E-state index is -0.637. The standard InChI is InChI=1S/C11H16ClN3O2/c1-17-10-13-6-8(12)9(15-10)14-7-11(16)4-2-3-5-11/h6,16H,2-5,7H2,1H3,(H,13,14,15). The lowest BCUT2D eigenvalue weighted by atomic mass is 10.0. The summed E-state index contributed by atoms with van der Waals surface area (Å²) in [5, 5.41) is 13.7. The highest BCUT2D eigenvalue weighted by molar-refractivity contribution is 6.32. The predicted molar refractivity (Wildman–Crippen MR) is 65.5 cm³/mol. The SMILES string of the molecule is COc1ncc(Cl)c(NCC2(O)CCCC2)n1. The average Bonchev–Trinajstić information content (AvgIpc) is 2.76. The first-order chi connectivity index (χ1) is 8.13. The van der Waals surface area contributed by atoms with Crippen molar-refractivity contribution in [2.24, 2.45) is 0 Å². The molecule has 1 fully saturated rings. The van der Waals surface area contributed by atoms with Crippen molar-refractivity contribution in [3.63, 3.8) is 0 Å². The summed E-state index contributed by atoms with van der Waals surface area (Å²) in [6.45, 7) is 0.451. The van der Waals surface area contributed by atoms with Gasteiger partial charge in [-0.3, -0.25) is 0 Å². The molecule has 17 heavy (non-hydrogen) atoms. The fourth-order valence-electron chi connectivity index (χ4n) is 2.03. The van der Waals surface area contributed by atoms with Gasteiger partial charge in [-0.05, 0) is 12.8 Å². The highest BCUT2D eigenvalue weighted by Gasteiger charge is 2.31. The smallest absolute Gasteiger partial charge is 0.318 e. The Labute approximate surface area is 105 Å². The first kappa shape index (κ1) is 12.4. The van der Waals surface area contributed by atoms with Crippen molar-refractivity contribution in [3.8, 4) is 6.01 Å². The van der Waals surface area contributed by atoms with E-state index in [0.717, 1.165) is 25.7 Å². The molecule has 1 aliphatic carbocycles. The maximum Gasteiger partial charge on any atom is 0.318 e. The van der Waals surface area contributed by atoms with Crippen LogP contribution >= 0.6 is 11.6 Å². The number of hydrogen-bond acceptors (Lipinski definition) is 5. The van der Waals surface area contributed by atoms with Gasteiger partial charge < -0.3 is 15.2 Å². The number of anilines is 1. The Hall–Kier alpha value is -1.07. The monoisotopic (exact) mass is 257 g/mol. The summed E-state index contributed by atoms with van der Waals surface area (Å²) >= 11 is 5.96. The molecule has 0 bridgehead atoms. The first-order valence-electron chi connectivity index (χ1n) is 5.66. The molecule has 6 heteroatoms. The van der Waals surface area contributed by atoms with Gasteiger partial charge in [0.25, 0.3) is 0 Å². The molecule has 0 amide bonds. The van der Waals surface area contributed by atoms with Crippen LogP contribution in [0.2, 0.25) is 5.02 Å². The molecule has 0 atom stereocenters. The second-order valence-corrected chi connectivity index (χ2v) is 4.75. The maximum atomic E-state index is 10.2. The highest BCUT2D eigenvalue weighted by Crippen LogP contribution is 2.30. The second-order valence-electron chi connectivity index (χ2n) is 4.34. The Kier molecular flexibility index (Phi) is 3.69.